The number of nitrogens with zero attached hydrogens (tertiary/aromatic N) is 5. The summed E-state index contributed by atoms with van der Waals surface area (Å²) in [6.07, 6.45) is 3.80. The van der Waals surface area contributed by atoms with Crippen molar-refractivity contribution in [3.05, 3.63) is 70.2 Å². The molecule has 20 heteroatoms. The first-order valence-electron chi connectivity index (χ1n) is 16.0. The fraction of sp³-hybridized carbons (Fsp3) is 0.419. The Labute approximate surface area is 288 Å². The van der Waals surface area contributed by atoms with E-state index in [4.69, 9.17) is 9.47 Å². The number of aromatic carboxylic acids is 1. The fourth-order valence-corrected chi connectivity index (χ4v) is 9.88. The van der Waals surface area contributed by atoms with Gasteiger partial charge < -0.3 is 52.9 Å². The number of halogens is 1. The van der Waals surface area contributed by atoms with Crippen molar-refractivity contribution in [2.45, 2.75) is 49.3 Å². The number of likely N-dealkylation sites (tertiary alicyclic amines) is 1. The largest absolute Gasteiger partial charge is 0.492 e. The van der Waals surface area contributed by atoms with E-state index in [0.29, 0.717) is 31.3 Å². The fourth-order valence-electron chi connectivity index (χ4n) is 7.39. The molecular weight excluding hydrogens is 715 g/mol. The molecule has 272 valence electrons. The van der Waals surface area contributed by atoms with Crippen LogP contribution in [0.15, 0.2) is 47.7 Å². The molecule has 17 nitrogen and oxygen atoms in total. The molecule has 3 fully saturated rings. The van der Waals surface area contributed by atoms with E-state index in [9.17, 15) is 48.2 Å². The Morgan fingerprint density at radius 2 is 1.82 bits per heavy atom. The number of methoxy groups -OCH3 is 1. The van der Waals surface area contributed by atoms with Crippen LogP contribution in [0.25, 0.3) is 16.6 Å². The SMILES string of the molecule is COc1c(N2C[C@H]3CCCN(C(=O)OC(Cc4cnc5ccccn45)(P(=O)(O)O)P(=O)(O)O)[C@H]3C2)c(F)cc2c(=O)c(C(=O)O)cn(C3CC3)c12. The third-order valence-corrected chi connectivity index (χ3v) is 13.9. The summed E-state index contributed by atoms with van der Waals surface area (Å²) in [5.41, 5.74) is -0.901. The number of pyridine rings is 2. The number of hydrogen-bond donors (Lipinski definition) is 5. The molecule has 1 saturated carbocycles. The van der Waals surface area contributed by atoms with E-state index in [1.807, 2.05) is 0 Å². The molecule has 2 saturated heterocycles. The van der Waals surface area contributed by atoms with Crippen molar-refractivity contribution in [1.82, 2.24) is 18.9 Å². The van der Waals surface area contributed by atoms with Gasteiger partial charge in [0, 0.05) is 50.0 Å². The average molecular weight is 750 g/mol. The highest BCUT2D eigenvalue weighted by atomic mass is 31.2. The number of carbonyl (C=O) groups excluding carboxylic acids is 1. The lowest BCUT2D eigenvalue weighted by Gasteiger charge is -2.40. The van der Waals surface area contributed by atoms with Gasteiger partial charge in [-0.2, -0.15) is 0 Å². The zero-order valence-corrected chi connectivity index (χ0v) is 28.8. The molecule has 0 bridgehead atoms. The molecule has 5 heterocycles. The highest BCUT2D eigenvalue weighted by Gasteiger charge is 2.65. The van der Waals surface area contributed by atoms with Gasteiger partial charge in [-0.1, -0.05) is 6.07 Å². The van der Waals surface area contributed by atoms with Crippen molar-refractivity contribution < 1.29 is 57.3 Å². The van der Waals surface area contributed by atoms with Crippen LogP contribution in [0.2, 0.25) is 0 Å². The average Bonchev–Trinajstić information content (AvgIpc) is 3.69. The van der Waals surface area contributed by atoms with Crippen LogP contribution in [0.3, 0.4) is 0 Å². The van der Waals surface area contributed by atoms with Gasteiger partial charge in [-0.25, -0.2) is 19.0 Å². The van der Waals surface area contributed by atoms with Crippen LogP contribution >= 0.6 is 15.2 Å². The number of carboxylic acid groups (broad SMARTS) is 1. The summed E-state index contributed by atoms with van der Waals surface area (Å²) in [7, 11) is -10.5. The number of rotatable bonds is 9. The van der Waals surface area contributed by atoms with Crippen LogP contribution in [0.5, 0.6) is 5.75 Å². The van der Waals surface area contributed by atoms with Crippen LogP contribution in [-0.4, -0.2) is 93.5 Å². The Balaban J connectivity index is 1.24. The van der Waals surface area contributed by atoms with E-state index in [1.54, 1.807) is 27.7 Å². The first-order chi connectivity index (χ1) is 24.1. The minimum Gasteiger partial charge on any atom is -0.492 e. The molecule has 2 atom stereocenters. The van der Waals surface area contributed by atoms with Crippen LogP contribution in [-0.2, 0) is 20.3 Å². The Kier molecular flexibility index (Phi) is 8.56. The van der Waals surface area contributed by atoms with E-state index in [-0.39, 0.29) is 59.6 Å². The molecular formula is C31H34FN5O12P2. The van der Waals surface area contributed by atoms with Crippen LogP contribution in [0.1, 0.15) is 47.8 Å². The van der Waals surface area contributed by atoms with Gasteiger partial charge >= 0.3 is 32.3 Å². The van der Waals surface area contributed by atoms with Gasteiger partial charge in [0.15, 0.2) is 11.6 Å². The summed E-state index contributed by atoms with van der Waals surface area (Å²) in [5, 5.41) is 5.89. The van der Waals surface area contributed by atoms with Gasteiger partial charge in [-0.05, 0) is 49.8 Å². The predicted molar refractivity (Wildman–Crippen MR) is 178 cm³/mol. The van der Waals surface area contributed by atoms with E-state index in [0.717, 1.165) is 11.0 Å². The molecule has 7 rings (SSSR count). The molecule has 3 aliphatic rings. The number of carbonyl (C=O) groups is 2. The van der Waals surface area contributed by atoms with Gasteiger partial charge in [-0.15, -0.1) is 0 Å². The second kappa shape index (κ2) is 12.4. The topological polar surface area (TPSA) is 234 Å². The molecule has 1 aliphatic carbocycles. The maximum Gasteiger partial charge on any atom is 0.411 e. The number of amides is 1. The number of imidazole rings is 1. The predicted octanol–water partition coefficient (Wildman–Crippen LogP) is 3.12. The molecule has 1 amide bonds. The Hall–Kier alpha value is -4.31. The molecule has 2 aliphatic heterocycles. The maximum atomic E-state index is 16.1. The standard InChI is InChI=1S/C31H34FN5O12P2/c1-48-28-25-20(27(38)21(29(39)40)15-37(25)18-7-8-18)11-22(32)26(28)34-14-17-5-4-10-36(23(17)16-34)30(41)49-31(50(42,43)44,51(45,46)47)12-19-13-33-24-6-2-3-9-35(19)24/h2-3,6,9,11,13,15,17-18,23H,4-5,7-8,10,12,14,16H2,1H3,(H,39,40)(H2,42,43,44)(H2,45,46,47)/t17-,23+/m1/s1. The molecule has 51 heavy (non-hydrogen) atoms. The third kappa shape index (κ3) is 5.79. The zero-order chi connectivity index (χ0) is 36.6. The summed E-state index contributed by atoms with van der Waals surface area (Å²) in [4.78, 5) is 87.5. The Morgan fingerprint density at radius 3 is 2.47 bits per heavy atom. The number of anilines is 1. The van der Waals surface area contributed by atoms with Crippen LogP contribution < -0.4 is 15.1 Å². The summed E-state index contributed by atoms with van der Waals surface area (Å²) in [5.74, 6) is -2.65. The van der Waals surface area contributed by atoms with Gasteiger partial charge in [0.2, 0.25) is 5.43 Å². The maximum absolute atomic E-state index is 16.1. The highest BCUT2D eigenvalue weighted by molar-refractivity contribution is 7.72. The number of fused-ring (bicyclic) bond motifs is 3. The second-order valence-electron chi connectivity index (χ2n) is 13.1. The Morgan fingerprint density at radius 1 is 1.10 bits per heavy atom. The second-order valence-corrected chi connectivity index (χ2v) is 17.0. The van der Waals surface area contributed by atoms with Crippen molar-refractivity contribution in [3.63, 3.8) is 0 Å². The van der Waals surface area contributed by atoms with Crippen molar-refractivity contribution in [3.8, 4) is 5.75 Å². The minimum absolute atomic E-state index is 0.00578. The molecule has 0 radical (unpaired) electrons. The summed E-state index contributed by atoms with van der Waals surface area (Å²) < 4.78 is 56.0. The third-order valence-electron chi connectivity index (χ3n) is 9.97. The van der Waals surface area contributed by atoms with Gasteiger partial charge in [0.25, 0.3) is 0 Å². The highest BCUT2D eigenvalue weighted by Crippen LogP contribution is 2.71. The number of ether oxygens (including phenoxy) is 2. The molecule has 1 aromatic carbocycles. The van der Waals surface area contributed by atoms with Crippen molar-refractivity contribution in [2.75, 3.05) is 31.6 Å². The molecule has 4 aromatic rings. The smallest absolute Gasteiger partial charge is 0.411 e. The normalized spacial score (nSPS) is 19.8. The van der Waals surface area contributed by atoms with Crippen LogP contribution in [0, 0.1) is 11.7 Å². The van der Waals surface area contributed by atoms with Crippen molar-refractivity contribution in [2.24, 2.45) is 5.92 Å². The van der Waals surface area contributed by atoms with Gasteiger partial charge in [-0.3, -0.25) is 13.9 Å². The number of hydrogen-bond acceptors (Lipinski definition) is 9. The molecule has 5 N–H and O–H groups in total. The van der Waals surface area contributed by atoms with E-state index >= 15 is 4.39 Å². The first-order valence-corrected chi connectivity index (χ1v) is 19.2. The molecule has 0 unspecified atom stereocenters. The summed E-state index contributed by atoms with van der Waals surface area (Å²) >= 11 is 0. The number of benzene rings is 1. The lowest BCUT2D eigenvalue weighted by Crippen LogP contribution is -2.51. The summed E-state index contributed by atoms with van der Waals surface area (Å²) in [6, 6.07) is 4.89. The van der Waals surface area contributed by atoms with Crippen molar-refractivity contribution in [1.29, 1.82) is 0 Å². The lowest BCUT2D eigenvalue weighted by molar-refractivity contribution is 0.0281. The number of carboxylic acids is 1. The van der Waals surface area contributed by atoms with E-state index in [2.05, 4.69) is 4.98 Å². The number of aromatic nitrogens is 3. The molecule has 0 spiro atoms. The van der Waals surface area contributed by atoms with E-state index < -0.39 is 61.6 Å². The van der Waals surface area contributed by atoms with Gasteiger partial charge in [0.1, 0.15) is 16.9 Å². The summed E-state index contributed by atoms with van der Waals surface area (Å²) in [6.45, 7) is 0.155. The van der Waals surface area contributed by atoms with Crippen LogP contribution in [0.4, 0.5) is 14.9 Å². The van der Waals surface area contributed by atoms with Gasteiger partial charge in [0.05, 0.1) is 30.5 Å². The monoisotopic (exact) mass is 749 g/mol. The lowest BCUT2D eigenvalue weighted by atomic mass is 9.92. The van der Waals surface area contributed by atoms with E-state index in [1.165, 1.54) is 30.1 Å². The minimum atomic E-state index is -5.92. The first kappa shape index (κ1) is 35.1. The zero-order valence-electron chi connectivity index (χ0n) is 27.0. The van der Waals surface area contributed by atoms with Crippen molar-refractivity contribution >= 4 is 49.5 Å². The Bertz CT molecular complexity index is 2220. The quantitative estimate of drug-likeness (QED) is 0.155. The molecule has 3 aromatic heterocycles. The number of piperidine rings is 1.